The minimum atomic E-state index is -4.85. The smallest absolute Gasteiger partial charge is 0.416 e. The minimum absolute atomic E-state index is 0. The summed E-state index contributed by atoms with van der Waals surface area (Å²) < 4.78 is 77.6. The number of alkyl halides is 6. The number of rotatable bonds is 1. The molecule has 0 unspecified atom stereocenters. The standard InChI is InChI=1S/C17H9F6.2ClH.Hf/c18-16(19,20)12-7-11(8-13(9-12)17(21,22)23)15-6-2-4-10-3-1-5-14(10)15;;;/h1-9H;2*1H;/q-1;;;/p-2. The molecule has 0 heterocycles. The SMILES string of the molecule is FC(F)(F)c1cc(-c2cccc3[cH-]ccc23)cc(C(F)(F)F)c1.[Cl-].[Cl-].[Hf]. The third kappa shape index (κ3) is 5.08. The van der Waals surface area contributed by atoms with E-state index in [1.807, 2.05) is 0 Å². The molecule has 0 nitrogen and oxygen atoms in total. The molecule has 0 aliphatic heterocycles. The van der Waals surface area contributed by atoms with Gasteiger partial charge in [0.05, 0.1) is 11.1 Å². The fraction of sp³-hybridized carbons (Fsp3) is 0.118. The molecule has 0 amide bonds. The van der Waals surface area contributed by atoms with Crippen molar-refractivity contribution in [2.24, 2.45) is 0 Å². The van der Waals surface area contributed by atoms with E-state index in [-0.39, 0.29) is 62.3 Å². The molecular weight excluding hydrogens is 568 g/mol. The van der Waals surface area contributed by atoms with Gasteiger partial charge in [-0.05, 0) is 23.8 Å². The molecule has 9 heteroatoms. The Morgan fingerprint density at radius 2 is 1.27 bits per heavy atom. The van der Waals surface area contributed by atoms with Gasteiger partial charge in [-0.15, -0.1) is 29.0 Å². The fourth-order valence-corrected chi connectivity index (χ4v) is 2.52. The Morgan fingerprint density at radius 1 is 0.731 bits per heavy atom. The topological polar surface area (TPSA) is 0 Å². The normalized spacial score (nSPS) is 11.3. The molecule has 0 aliphatic rings. The zero-order chi connectivity index (χ0) is 16.8. The summed E-state index contributed by atoms with van der Waals surface area (Å²) in [6, 6.07) is 11.6. The number of hydrogen-bond acceptors (Lipinski definition) is 0. The molecule has 0 radical (unpaired) electrons. The van der Waals surface area contributed by atoms with E-state index in [0.717, 1.165) is 17.5 Å². The van der Waals surface area contributed by atoms with Gasteiger partial charge in [-0.25, -0.2) is 0 Å². The molecular formula is C17H9Cl2F6Hf-3. The maximum atomic E-state index is 12.9. The van der Waals surface area contributed by atoms with Crippen molar-refractivity contribution in [3.05, 3.63) is 65.7 Å². The Labute approximate surface area is 176 Å². The zero-order valence-corrected chi connectivity index (χ0v) is 17.8. The van der Waals surface area contributed by atoms with Crippen molar-refractivity contribution in [2.75, 3.05) is 0 Å². The Morgan fingerprint density at radius 3 is 1.77 bits per heavy atom. The van der Waals surface area contributed by atoms with Crippen LogP contribution in [0.15, 0.2) is 54.6 Å². The summed E-state index contributed by atoms with van der Waals surface area (Å²) in [7, 11) is 0. The maximum absolute atomic E-state index is 12.9. The first-order chi connectivity index (χ1) is 10.7. The van der Waals surface area contributed by atoms with Crippen LogP contribution < -0.4 is 24.8 Å². The largest absolute Gasteiger partial charge is 1.00 e. The van der Waals surface area contributed by atoms with Gasteiger partial charge in [0.15, 0.2) is 0 Å². The molecule has 3 aromatic carbocycles. The summed E-state index contributed by atoms with van der Waals surface area (Å²) in [5.74, 6) is 0. The summed E-state index contributed by atoms with van der Waals surface area (Å²) in [6.45, 7) is 0. The fourth-order valence-electron chi connectivity index (χ4n) is 2.52. The Balaban J connectivity index is 0.00000208. The average Bonchev–Trinajstić information content (AvgIpc) is 2.93. The molecule has 26 heavy (non-hydrogen) atoms. The molecule has 0 aromatic heterocycles. The Hall–Kier alpha value is -0.920. The molecule has 0 saturated heterocycles. The number of benzene rings is 2. The summed E-state index contributed by atoms with van der Waals surface area (Å²) in [4.78, 5) is 0. The second kappa shape index (κ2) is 8.85. The second-order valence-electron chi connectivity index (χ2n) is 5.13. The van der Waals surface area contributed by atoms with Gasteiger partial charge in [0.25, 0.3) is 0 Å². The third-order valence-electron chi connectivity index (χ3n) is 3.58. The molecule has 0 N–H and O–H groups in total. The molecule has 0 saturated carbocycles. The van der Waals surface area contributed by atoms with E-state index in [2.05, 4.69) is 0 Å². The van der Waals surface area contributed by atoms with Crippen LogP contribution in [-0.4, -0.2) is 0 Å². The predicted molar refractivity (Wildman–Crippen MR) is 75.0 cm³/mol. The first-order valence-corrected chi connectivity index (χ1v) is 6.60. The van der Waals surface area contributed by atoms with E-state index in [4.69, 9.17) is 0 Å². The summed E-state index contributed by atoms with van der Waals surface area (Å²) in [6.07, 6.45) is -9.70. The van der Waals surface area contributed by atoms with Gasteiger partial charge in [-0.3, -0.25) is 0 Å². The molecule has 0 fully saturated rings. The summed E-state index contributed by atoms with van der Waals surface area (Å²) in [5, 5.41) is 1.37. The second-order valence-corrected chi connectivity index (χ2v) is 5.13. The molecule has 0 spiro atoms. The van der Waals surface area contributed by atoms with E-state index in [1.54, 1.807) is 30.3 Å². The average molecular weight is 577 g/mol. The van der Waals surface area contributed by atoms with Gasteiger partial charge >= 0.3 is 12.4 Å². The van der Waals surface area contributed by atoms with Crippen LogP contribution in [0.4, 0.5) is 26.3 Å². The minimum Gasteiger partial charge on any atom is -1.00 e. The van der Waals surface area contributed by atoms with E-state index in [9.17, 15) is 26.3 Å². The molecule has 0 bridgehead atoms. The molecule has 140 valence electrons. The Kier molecular flexibility index (Phi) is 8.53. The van der Waals surface area contributed by atoms with Crippen LogP contribution in [-0.2, 0) is 38.2 Å². The Bertz CT molecular complexity index is 835. The third-order valence-corrected chi connectivity index (χ3v) is 3.58. The van der Waals surface area contributed by atoms with Crippen molar-refractivity contribution in [1.29, 1.82) is 0 Å². The van der Waals surface area contributed by atoms with Gasteiger partial charge < -0.3 is 24.8 Å². The van der Waals surface area contributed by atoms with Crippen molar-refractivity contribution in [2.45, 2.75) is 12.4 Å². The van der Waals surface area contributed by atoms with Crippen molar-refractivity contribution in [1.82, 2.24) is 0 Å². The van der Waals surface area contributed by atoms with Crippen LogP contribution in [0.25, 0.3) is 21.9 Å². The van der Waals surface area contributed by atoms with Gasteiger partial charge in [-0.1, -0.05) is 11.6 Å². The van der Waals surface area contributed by atoms with Crippen LogP contribution in [0.1, 0.15) is 11.1 Å². The van der Waals surface area contributed by atoms with Crippen molar-refractivity contribution >= 4 is 10.8 Å². The predicted octanol–water partition coefficient (Wildman–Crippen LogP) is 0.269. The van der Waals surface area contributed by atoms with Crippen LogP contribution in [0.5, 0.6) is 0 Å². The van der Waals surface area contributed by atoms with E-state index in [0.29, 0.717) is 10.9 Å². The molecule has 3 rings (SSSR count). The number of fused-ring (bicyclic) bond motifs is 1. The van der Waals surface area contributed by atoms with Gasteiger partial charge in [0.2, 0.25) is 0 Å². The number of halogens is 8. The van der Waals surface area contributed by atoms with Crippen LogP contribution in [0, 0.1) is 0 Å². The van der Waals surface area contributed by atoms with Crippen molar-refractivity contribution in [3.63, 3.8) is 0 Å². The van der Waals surface area contributed by atoms with E-state index >= 15 is 0 Å². The van der Waals surface area contributed by atoms with Gasteiger partial charge in [0.1, 0.15) is 0 Å². The summed E-state index contributed by atoms with van der Waals surface area (Å²) in [5.41, 5.74) is -2.40. The van der Waals surface area contributed by atoms with Crippen molar-refractivity contribution < 1.29 is 77.0 Å². The quantitative estimate of drug-likeness (QED) is 0.222. The van der Waals surface area contributed by atoms with E-state index in [1.165, 1.54) is 6.07 Å². The van der Waals surface area contributed by atoms with Gasteiger partial charge in [-0.2, -0.15) is 38.5 Å². The monoisotopic (exact) mass is 577 g/mol. The number of hydrogen-bond donors (Lipinski definition) is 0. The van der Waals surface area contributed by atoms with Crippen LogP contribution >= 0.6 is 0 Å². The maximum Gasteiger partial charge on any atom is 0.416 e. The van der Waals surface area contributed by atoms with Crippen LogP contribution in [0.2, 0.25) is 0 Å². The van der Waals surface area contributed by atoms with Gasteiger partial charge in [0, 0.05) is 25.8 Å². The first-order valence-electron chi connectivity index (χ1n) is 6.60. The van der Waals surface area contributed by atoms with Crippen LogP contribution in [0.3, 0.4) is 0 Å². The van der Waals surface area contributed by atoms with E-state index < -0.39 is 23.5 Å². The molecule has 0 aliphatic carbocycles. The van der Waals surface area contributed by atoms with Crippen molar-refractivity contribution in [3.8, 4) is 11.1 Å². The first kappa shape index (κ1) is 25.1. The zero-order valence-electron chi connectivity index (χ0n) is 12.7. The summed E-state index contributed by atoms with van der Waals surface area (Å²) >= 11 is 0. The molecule has 3 aromatic rings. The molecule has 0 atom stereocenters.